The zero-order valence-electron chi connectivity index (χ0n) is 10.7. The third-order valence-corrected chi connectivity index (χ3v) is 4.75. The van der Waals surface area contributed by atoms with Crippen molar-refractivity contribution >= 4 is 55.5 Å². The van der Waals surface area contributed by atoms with Crippen LogP contribution in [0.15, 0.2) is 48.5 Å². The second-order valence-corrected chi connectivity index (χ2v) is 6.61. The van der Waals surface area contributed by atoms with Gasteiger partial charge in [-0.3, -0.25) is 0 Å². The molecule has 0 bridgehead atoms. The normalized spacial score (nSPS) is 12.0. The number of hydrogen-bond acceptors (Lipinski definition) is 4. The van der Waals surface area contributed by atoms with Crippen LogP contribution in [-0.4, -0.2) is 10.1 Å². The van der Waals surface area contributed by atoms with Crippen molar-refractivity contribution in [2.45, 2.75) is 0 Å². The molecule has 21 heavy (non-hydrogen) atoms. The van der Waals surface area contributed by atoms with E-state index in [4.69, 9.17) is 0 Å². The van der Waals surface area contributed by atoms with Gasteiger partial charge in [0, 0.05) is 9.13 Å². The molecule has 3 rings (SSSR count). The molecule has 5 heteroatoms. The van der Waals surface area contributed by atoms with Crippen molar-refractivity contribution in [2.24, 2.45) is 0 Å². The molecular formula is C16H9IN2OS. The summed E-state index contributed by atoms with van der Waals surface area (Å²) in [4.78, 5) is 4.42. The number of fused-ring (bicyclic) bond motifs is 1. The second kappa shape index (κ2) is 5.84. The molecular weight excluding hydrogens is 395 g/mol. The molecule has 0 atom stereocenters. The van der Waals surface area contributed by atoms with Crippen molar-refractivity contribution in [3.63, 3.8) is 0 Å². The van der Waals surface area contributed by atoms with Gasteiger partial charge in [-0.25, -0.2) is 4.98 Å². The number of allylic oxidation sites excluding steroid dienone is 1. The van der Waals surface area contributed by atoms with Gasteiger partial charge in [0.05, 0.1) is 10.2 Å². The van der Waals surface area contributed by atoms with Crippen LogP contribution in [0.5, 0.6) is 0 Å². The van der Waals surface area contributed by atoms with E-state index in [0.29, 0.717) is 10.6 Å². The van der Waals surface area contributed by atoms with Crippen LogP contribution < -0.4 is 0 Å². The summed E-state index contributed by atoms with van der Waals surface area (Å²) in [7, 11) is 0. The van der Waals surface area contributed by atoms with Crippen molar-refractivity contribution in [3.05, 3.63) is 62.7 Å². The molecule has 0 fully saturated rings. The number of aromatic nitrogens is 1. The van der Waals surface area contributed by atoms with E-state index in [-0.39, 0.29) is 11.3 Å². The van der Waals surface area contributed by atoms with Crippen molar-refractivity contribution in [3.8, 4) is 6.07 Å². The molecule has 3 aromatic rings. The Kier molecular flexibility index (Phi) is 3.90. The smallest absolute Gasteiger partial charge is 0.143 e. The number of nitriles is 1. The summed E-state index contributed by atoms with van der Waals surface area (Å²) in [6.45, 7) is 0. The van der Waals surface area contributed by atoms with Gasteiger partial charge in [0.2, 0.25) is 0 Å². The SMILES string of the molecule is N#C/C(=C(/O)c1ccc(I)cc1)c1nc2ccccc2s1. The van der Waals surface area contributed by atoms with Crippen LogP contribution in [0.25, 0.3) is 21.5 Å². The number of benzene rings is 2. The zero-order valence-corrected chi connectivity index (χ0v) is 13.7. The molecule has 0 unspecified atom stereocenters. The van der Waals surface area contributed by atoms with Crippen LogP contribution in [-0.2, 0) is 0 Å². The number of rotatable bonds is 2. The van der Waals surface area contributed by atoms with E-state index >= 15 is 0 Å². The Morgan fingerprint density at radius 1 is 1.14 bits per heavy atom. The lowest BCUT2D eigenvalue weighted by atomic mass is 10.1. The lowest BCUT2D eigenvalue weighted by Gasteiger charge is -2.02. The first-order valence-corrected chi connectivity index (χ1v) is 8.04. The largest absolute Gasteiger partial charge is 0.506 e. The fourth-order valence-corrected chi connectivity index (χ4v) is 3.25. The predicted octanol–water partition coefficient (Wildman–Crippen LogP) is 4.85. The Morgan fingerprint density at radius 2 is 1.86 bits per heavy atom. The van der Waals surface area contributed by atoms with Gasteiger partial charge in [-0.05, 0) is 46.9 Å². The van der Waals surface area contributed by atoms with Gasteiger partial charge in [-0.2, -0.15) is 5.26 Å². The van der Waals surface area contributed by atoms with Gasteiger partial charge < -0.3 is 5.11 Å². The standard InChI is InChI=1S/C16H9IN2OS/c17-11-7-5-10(6-8-11)15(20)12(9-18)16-19-13-3-1-2-4-14(13)21-16/h1-8,20H/b15-12-. The van der Waals surface area contributed by atoms with Gasteiger partial charge >= 0.3 is 0 Å². The number of para-hydroxylation sites is 1. The van der Waals surface area contributed by atoms with Gasteiger partial charge in [-0.15, -0.1) is 11.3 Å². The monoisotopic (exact) mass is 404 g/mol. The maximum atomic E-state index is 10.4. The number of aliphatic hydroxyl groups is 1. The quantitative estimate of drug-likeness (QED) is 0.378. The van der Waals surface area contributed by atoms with Gasteiger partial charge in [0.15, 0.2) is 0 Å². The molecule has 1 heterocycles. The fraction of sp³-hybridized carbons (Fsp3) is 0. The summed E-state index contributed by atoms with van der Waals surface area (Å²) in [6.07, 6.45) is 0. The van der Waals surface area contributed by atoms with Crippen LogP contribution in [0.2, 0.25) is 0 Å². The van der Waals surface area contributed by atoms with Crippen molar-refractivity contribution in [1.82, 2.24) is 4.98 Å². The molecule has 1 aromatic heterocycles. The minimum absolute atomic E-state index is 0.0343. The van der Waals surface area contributed by atoms with E-state index in [1.54, 1.807) is 12.1 Å². The lowest BCUT2D eigenvalue weighted by molar-refractivity contribution is 0.514. The maximum Gasteiger partial charge on any atom is 0.143 e. The van der Waals surface area contributed by atoms with E-state index in [0.717, 1.165) is 13.8 Å². The number of aliphatic hydroxyl groups excluding tert-OH is 1. The number of halogens is 1. The topological polar surface area (TPSA) is 56.9 Å². The molecule has 3 nitrogen and oxygen atoms in total. The van der Waals surface area contributed by atoms with Crippen molar-refractivity contribution in [2.75, 3.05) is 0 Å². The maximum absolute atomic E-state index is 10.4. The lowest BCUT2D eigenvalue weighted by Crippen LogP contribution is -1.90. The number of hydrogen-bond donors (Lipinski definition) is 1. The van der Waals surface area contributed by atoms with Gasteiger partial charge in [0.25, 0.3) is 0 Å². The van der Waals surface area contributed by atoms with E-state index in [9.17, 15) is 10.4 Å². The fourth-order valence-electron chi connectivity index (χ4n) is 1.93. The predicted molar refractivity (Wildman–Crippen MR) is 93.8 cm³/mol. The van der Waals surface area contributed by atoms with Crippen molar-refractivity contribution in [1.29, 1.82) is 5.26 Å². The Balaban J connectivity index is 2.14. The molecule has 0 radical (unpaired) electrons. The Labute approximate surface area is 139 Å². The zero-order chi connectivity index (χ0) is 14.8. The first-order valence-electron chi connectivity index (χ1n) is 6.14. The molecule has 0 saturated carbocycles. The molecule has 0 spiro atoms. The average molecular weight is 404 g/mol. The highest BCUT2D eigenvalue weighted by atomic mass is 127. The third kappa shape index (κ3) is 2.77. The highest BCUT2D eigenvalue weighted by Crippen LogP contribution is 2.30. The average Bonchev–Trinajstić information content (AvgIpc) is 2.92. The van der Waals surface area contributed by atoms with E-state index < -0.39 is 0 Å². The van der Waals surface area contributed by atoms with Crippen LogP contribution in [0.4, 0.5) is 0 Å². The minimum atomic E-state index is -0.0343. The summed E-state index contributed by atoms with van der Waals surface area (Å²) in [5, 5.41) is 20.3. The highest BCUT2D eigenvalue weighted by Gasteiger charge is 2.14. The molecule has 0 saturated heterocycles. The first kappa shape index (κ1) is 14.0. The summed E-state index contributed by atoms with van der Waals surface area (Å²) < 4.78 is 2.07. The molecule has 0 aliphatic rings. The van der Waals surface area contributed by atoms with E-state index in [2.05, 4.69) is 33.6 Å². The van der Waals surface area contributed by atoms with E-state index in [1.807, 2.05) is 36.4 Å². The van der Waals surface area contributed by atoms with Crippen LogP contribution in [0, 0.1) is 14.9 Å². The van der Waals surface area contributed by atoms with Crippen LogP contribution in [0.1, 0.15) is 10.6 Å². The van der Waals surface area contributed by atoms with E-state index in [1.165, 1.54) is 11.3 Å². The van der Waals surface area contributed by atoms with Gasteiger partial charge in [-0.1, -0.05) is 24.3 Å². The molecule has 0 amide bonds. The highest BCUT2D eigenvalue weighted by molar-refractivity contribution is 14.1. The number of thiazole rings is 1. The first-order chi connectivity index (χ1) is 10.2. The Hall–Kier alpha value is -1.91. The van der Waals surface area contributed by atoms with Gasteiger partial charge in [0.1, 0.15) is 22.4 Å². The van der Waals surface area contributed by atoms with Crippen molar-refractivity contribution < 1.29 is 5.11 Å². The third-order valence-electron chi connectivity index (χ3n) is 2.97. The minimum Gasteiger partial charge on any atom is -0.506 e. The molecule has 2 aromatic carbocycles. The number of nitrogens with zero attached hydrogens (tertiary/aromatic N) is 2. The molecule has 0 aliphatic carbocycles. The summed E-state index contributed by atoms with van der Waals surface area (Å²) in [5.41, 5.74) is 1.66. The molecule has 0 aliphatic heterocycles. The Morgan fingerprint density at radius 3 is 2.52 bits per heavy atom. The van der Waals surface area contributed by atoms with Crippen LogP contribution in [0.3, 0.4) is 0 Å². The molecule has 1 N–H and O–H groups in total. The summed E-state index contributed by atoms with van der Waals surface area (Å²) >= 11 is 3.60. The second-order valence-electron chi connectivity index (χ2n) is 4.33. The Bertz CT molecular complexity index is 842. The summed E-state index contributed by atoms with van der Waals surface area (Å²) in [6, 6.07) is 17.1. The molecule has 102 valence electrons. The van der Waals surface area contributed by atoms with Crippen LogP contribution >= 0.6 is 33.9 Å². The summed E-state index contributed by atoms with van der Waals surface area (Å²) in [5.74, 6) is -0.0343.